The fourth-order valence-electron chi connectivity index (χ4n) is 5.30. The molecular formula is C26H41N3. The zero-order chi connectivity index (χ0) is 20.5. The number of allylic oxidation sites excluding steroid dienone is 1. The third kappa shape index (κ3) is 6.53. The molecule has 2 N–H and O–H groups in total. The molecule has 1 saturated heterocycles. The van der Waals surface area contributed by atoms with Gasteiger partial charge in [-0.2, -0.15) is 0 Å². The van der Waals surface area contributed by atoms with E-state index in [1.807, 2.05) is 17.2 Å². The summed E-state index contributed by atoms with van der Waals surface area (Å²) in [6.07, 6.45) is 16.7. The smallest absolute Gasteiger partial charge is 0.0169 e. The van der Waals surface area contributed by atoms with Crippen LogP contribution in [0.5, 0.6) is 0 Å². The lowest BCUT2D eigenvalue weighted by atomic mass is 9.79. The van der Waals surface area contributed by atoms with Gasteiger partial charge < -0.3 is 4.90 Å². The molecule has 1 aliphatic carbocycles. The molecule has 3 nitrogen and oxygen atoms in total. The number of nitrogens with two attached hydrogens (primary N) is 1. The van der Waals surface area contributed by atoms with Gasteiger partial charge in [-0.25, -0.2) is 5.01 Å². The van der Waals surface area contributed by atoms with E-state index >= 15 is 0 Å². The van der Waals surface area contributed by atoms with Gasteiger partial charge in [-0.3, -0.25) is 5.84 Å². The van der Waals surface area contributed by atoms with E-state index in [9.17, 15) is 0 Å². The Morgan fingerprint density at radius 2 is 1.86 bits per heavy atom. The van der Waals surface area contributed by atoms with Gasteiger partial charge in [0, 0.05) is 19.1 Å². The number of rotatable bonds is 11. The lowest BCUT2D eigenvalue weighted by Gasteiger charge is -2.38. The number of hydrazine groups is 1. The van der Waals surface area contributed by atoms with E-state index in [-0.39, 0.29) is 0 Å². The molecule has 2 aliphatic rings. The van der Waals surface area contributed by atoms with Crippen molar-refractivity contribution in [2.75, 3.05) is 26.2 Å². The highest BCUT2D eigenvalue weighted by Crippen LogP contribution is 2.33. The second-order valence-corrected chi connectivity index (χ2v) is 9.01. The Balaban J connectivity index is 1.62. The quantitative estimate of drug-likeness (QED) is 0.242. The molecule has 1 aromatic rings. The van der Waals surface area contributed by atoms with Crippen LogP contribution in [0, 0.1) is 5.92 Å². The molecule has 160 valence electrons. The summed E-state index contributed by atoms with van der Waals surface area (Å²) >= 11 is 0. The minimum atomic E-state index is 0.804. The molecule has 1 heterocycles. The van der Waals surface area contributed by atoms with E-state index in [1.165, 1.54) is 74.7 Å². The third-order valence-corrected chi connectivity index (χ3v) is 6.93. The summed E-state index contributed by atoms with van der Waals surface area (Å²) in [4.78, 5) is 2.79. The molecule has 0 spiro atoms. The first kappa shape index (κ1) is 22.3. The van der Waals surface area contributed by atoms with Gasteiger partial charge >= 0.3 is 0 Å². The highest BCUT2D eigenvalue weighted by atomic mass is 15.4. The molecule has 2 unspecified atom stereocenters. The number of likely N-dealkylation sites (tertiary alicyclic amines) is 1. The van der Waals surface area contributed by atoms with E-state index in [0.29, 0.717) is 0 Å². The average Bonchev–Trinajstić information content (AvgIpc) is 3.28. The molecule has 2 atom stereocenters. The highest BCUT2D eigenvalue weighted by Gasteiger charge is 2.31. The van der Waals surface area contributed by atoms with E-state index in [4.69, 9.17) is 5.84 Å². The average molecular weight is 396 g/mol. The van der Waals surface area contributed by atoms with Crippen LogP contribution in [0.25, 0.3) is 6.08 Å². The fourth-order valence-corrected chi connectivity index (χ4v) is 5.30. The standard InChI is InChI=1S/C26H41N3/c1-3-5-8-18-29(27)19-15-24-20-22(13-14-23(24)4-2)21-25-11-6-7-12-26(25)28-16-9-10-17-28/h3-4,13-14,20,25-26H,1-2,5-12,15-19,21,27H2. The maximum Gasteiger partial charge on any atom is 0.0169 e. The maximum atomic E-state index is 6.20. The Morgan fingerprint density at radius 3 is 2.62 bits per heavy atom. The van der Waals surface area contributed by atoms with E-state index in [0.717, 1.165) is 44.3 Å². The predicted octanol–water partition coefficient (Wildman–Crippen LogP) is 5.21. The molecule has 2 fully saturated rings. The van der Waals surface area contributed by atoms with Crippen LogP contribution in [0.2, 0.25) is 0 Å². The number of hydrogen-bond acceptors (Lipinski definition) is 3. The molecule has 1 aliphatic heterocycles. The van der Waals surface area contributed by atoms with Crippen molar-refractivity contribution in [1.29, 1.82) is 0 Å². The van der Waals surface area contributed by atoms with Crippen molar-refractivity contribution in [2.24, 2.45) is 11.8 Å². The molecular weight excluding hydrogens is 354 g/mol. The Hall–Kier alpha value is -1.42. The summed E-state index contributed by atoms with van der Waals surface area (Å²) in [6.45, 7) is 12.3. The number of unbranched alkanes of at least 4 members (excludes halogenated alkanes) is 1. The van der Waals surface area contributed by atoms with Gasteiger partial charge in [0.2, 0.25) is 0 Å². The Kier molecular flexibility index (Phi) is 8.97. The number of benzene rings is 1. The van der Waals surface area contributed by atoms with Gasteiger partial charge in [-0.1, -0.05) is 49.8 Å². The van der Waals surface area contributed by atoms with Crippen molar-refractivity contribution >= 4 is 6.08 Å². The van der Waals surface area contributed by atoms with Gasteiger partial charge in [0.25, 0.3) is 0 Å². The number of hydrogen-bond donors (Lipinski definition) is 1. The van der Waals surface area contributed by atoms with Gasteiger partial charge in [0.1, 0.15) is 0 Å². The van der Waals surface area contributed by atoms with Crippen LogP contribution in [0.3, 0.4) is 0 Å². The van der Waals surface area contributed by atoms with Crippen LogP contribution in [-0.2, 0) is 12.8 Å². The maximum absolute atomic E-state index is 6.20. The van der Waals surface area contributed by atoms with Crippen molar-refractivity contribution in [3.8, 4) is 0 Å². The molecule has 1 aromatic carbocycles. The van der Waals surface area contributed by atoms with Crippen LogP contribution >= 0.6 is 0 Å². The molecule has 0 amide bonds. The van der Waals surface area contributed by atoms with E-state index < -0.39 is 0 Å². The first-order valence-corrected chi connectivity index (χ1v) is 11.8. The van der Waals surface area contributed by atoms with Crippen LogP contribution in [0.4, 0.5) is 0 Å². The summed E-state index contributed by atoms with van der Waals surface area (Å²) in [5.74, 6) is 7.01. The monoisotopic (exact) mass is 395 g/mol. The summed E-state index contributed by atoms with van der Waals surface area (Å²) in [5, 5.41) is 1.95. The van der Waals surface area contributed by atoms with E-state index in [1.54, 1.807) is 0 Å². The molecule has 1 saturated carbocycles. The normalized spacial score (nSPS) is 22.8. The predicted molar refractivity (Wildman–Crippen MR) is 126 cm³/mol. The third-order valence-electron chi connectivity index (χ3n) is 6.93. The topological polar surface area (TPSA) is 32.5 Å². The van der Waals surface area contributed by atoms with Crippen LogP contribution < -0.4 is 5.84 Å². The highest BCUT2D eigenvalue weighted by molar-refractivity contribution is 5.53. The second kappa shape index (κ2) is 11.7. The summed E-state index contributed by atoms with van der Waals surface area (Å²) in [5.41, 5.74) is 4.15. The van der Waals surface area contributed by atoms with Crippen molar-refractivity contribution < 1.29 is 0 Å². The van der Waals surface area contributed by atoms with Crippen molar-refractivity contribution in [3.05, 3.63) is 54.1 Å². The van der Waals surface area contributed by atoms with E-state index in [2.05, 4.69) is 36.3 Å². The zero-order valence-electron chi connectivity index (χ0n) is 18.3. The first-order valence-electron chi connectivity index (χ1n) is 11.8. The SMILES string of the molecule is C=CCCCN(N)CCc1cc(CC2CCCCC2N2CCCC2)ccc1C=C. The number of nitrogens with zero attached hydrogens (tertiary/aromatic N) is 2. The Labute approximate surface area is 178 Å². The lowest BCUT2D eigenvalue weighted by Crippen LogP contribution is -2.41. The van der Waals surface area contributed by atoms with Crippen LogP contribution in [0.1, 0.15) is 68.1 Å². The zero-order valence-corrected chi connectivity index (χ0v) is 18.3. The van der Waals surface area contributed by atoms with Gasteiger partial charge in [0.05, 0.1) is 0 Å². The second-order valence-electron chi connectivity index (χ2n) is 9.01. The van der Waals surface area contributed by atoms with Crippen molar-refractivity contribution in [2.45, 2.75) is 70.3 Å². The molecule has 3 rings (SSSR count). The first-order chi connectivity index (χ1) is 14.2. The summed E-state index contributed by atoms with van der Waals surface area (Å²) in [6, 6.07) is 7.84. The van der Waals surface area contributed by atoms with Crippen LogP contribution in [-0.4, -0.2) is 42.1 Å². The van der Waals surface area contributed by atoms with Crippen molar-refractivity contribution in [1.82, 2.24) is 9.91 Å². The fraction of sp³-hybridized carbons (Fsp3) is 0.615. The molecule has 0 bridgehead atoms. The molecule has 0 radical (unpaired) electrons. The molecule has 0 aromatic heterocycles. The lowest BCUT2D eigenvalue weighted by molar-refractivity contribution is 0.128. The molecule has 29 heavy (non-hydrogen) atoms. The minimum absolute atomic E-state index is 0.804. The Morgan fingerprint density at radius 1 is 1.07 bits per heavy atom. The van der Waals surface area contributed by atoms with Gasteiger partial charge in [-0.15, -0.1) is 6.58 Å². The Bertz CT molecular complexity index is 647. The van der Waals surface area contributed by atoms with Crippen LogP contribution in [0.15, 0.2) is 37.4 Å². The summed E-state index contributed by atoms with van der Waals surface area (Å²) in [7, 11) is 0. The largest absolute Gasteiger partial charge is 0.300 e. The molecule has 3 heteroatoms. The van der Waals surface area contributed by atoms with Gasteiger partial charge in [0.15, 0.2) is 0 Å². The van der Waals surface area contributed by atoms with Gasteiger partial charge in [-0.05, 0) is 87.1 Å². The van der Waals surface area contributed by atoms with Crippen molar-refractivity contribution in [3.63, 3.8) is 0 Å². The summed E-state index contributed by atoms with van der Waals surface area (Å²) < 4.78 is 0. The minimum Gasteiger partial charge on any atom is -0.300 e.